The first kappa shape index (κ1) is 19.3. The first-order valence-electron chi connectivity index (χ1n) is 9.46. The number of thioether (sulfide) groups is 1. The van der Waals surface area contributed by atoms with E-state index in [-0.39, 0.29) is 17.5 Å². The number of aromatic nitrogens is 4. The van der Waals surface area contributed by atoms with Crippen LogP contribution in [0, 0.1) is 5.82 Å². The highest BCUT2D eigenvalue weighted by molar-refractivity contribution is 7.99. The van der Waals surface area contributed by atoms with Crippen LogP contribution in [0.25, 0.3) is 17.0 Å². The number of anilines is 1. The molecule has 0 fully saturated rings. The second-order valence-corrected chi connectivity index (χ2v) is 7.67. The molecule has 31 heavy (non-hydrogen) atoms. The van der Waals surface area contributed by atoms with E-state index in [9.17, 15) is 9.18 Å². The van der Waals surface area contributed by atoms with Gasteiger partial charge in [-0.1, -0.05) is 23.9 Å². The fourth-order valence-corrected chi connectivity index (χ4v) is 3.77. The van der Waals surface area contributed by atoms with E-state index < -0.39 is 0 Å². The summed E-state index contributed by atoms with van der Waals surface area (Å²) in [5.74, 6) is 1.32. The van der Waals surface area contributed by atoms with Gasteiger partial charge in [0, 0.05) is 17.3 Å². The number of nitrogens with one attached hydrogen (secondary N) is 1. The van der Waals surface area contributed by atoms with Crippen LogP contribution >= 0.6 is 11.8 Å². The Morgan fingerprint density at radius 2 is 1.94 bits per heavy atom. The fraction of sp³-hybridized carbons (Fsp3) is 0.143. The lowest BCUT2D eigenvalue weighted by molar-refractivity contribution is -0.113. The Balaban J connectivity index is 1.28. The van der Waals surface area contributed by atoms with Crippen LogP contribution in [0.3, 0.4) is 0 Å². The maximum atomic E-state index is 13.6. The first-order chi connectivity index (χ1) is 15.2. The number of rotatable bonds is 5. The number of amides is 1. The molecule has 0 unspecified atom stereocenters. The predicted octanol–water partition coefficient (Wildman–Crippen LogP) is 3.43. The molecule has 10 heteroatoms. The van der Waals surface area contributed by atoms with Gasteiger partial charge in [0.25, 0.3) is 0 Å². The molecule has 0 spiro atoms. The first-order valence-corrected chi connectivity index (χ1v) is 10.4. The molecule has 1 aliphatic rings. The Hall–Kier alpha value is -3.66. The van der Waals surface area contributed by atoms with Gasteiger partial charge >= 0.3 is 0 Å². The third kappa shape index (κ3) is 4.15. The molecule has 4 aromatic rings. The minimum atomic E-state index is -0.365. The average Bonchev–Trinajstić information content (AvgIpc) is 3.21. The SMILES string of the molecule is O=C(CSc1ccc2nnc(-c3cccc(F)c3)n2n1)Nc1ccc2c(c1)OCCO2. The van der Waals surface area contributed by atoms with Crippen molar-refractivity contribution in [3.8, 4) is 22.9 Å². The lowest BCUT2D eigenvalue weighted by Gasteiger charge is -2.18. The lowest BCUT2D eigenvalue weighted by atomic mass is 10.2. The third-order valence-corrected chi connectivity index (χ3v) is 5.42. The van der Waals surface area contributed by atoms with E-state index in [4.69, 9.17) is 9.47 Å². The molecular formula is C21H16FN5O3S. The summed E-state index contributed by atoms with van der Waals surface area (Å²) in [6.07, 6.45) is 0. The summed E-state index contributed by atoms with van der Waals surface area (Å²) < 4.78 is 26.1. The topological polar surface area (TPSA) is 90.6 Å². The van der Waals surface area contributed by atoms with E-state index in [1.807, 2.05) is 0 Å². The highest BCUT2D eigenvalue weighted by Crippen LogP contribution is 2.32. The van der Waals surface area contributed by atoms with E-state index in [0.717, 1.165) is 0 Å². The molecule has 0 saturated carbocycles. The summed E-state index contributed by atoms with van der Waals surface area (Å²) in [5.41, 5.74) is 1.73. The van der Waals surface area contributed by atoms with Gasteiger partial charge in [-0.25, -0.2) is 4.39 Å². The van der Waals surface area contributed by atoms with Crippen molar-refractivity contribution in [3.63, 3.8) is 0 Å². The quantitative estimate of drug-likeness (QED) is 0.479. The molecule has 1 aliphatic heterocycles. The Bertz CT molecular complexity index is 1280. The number of hydrogen-bond acceptors (Lipinski definition) is 7. The maximum Gasteiger partial charge on any atom is 0.234 e. The fourth-order valence-electron chi connectivity index (χ4n) is 3.11. The van der Waals surface area contributed by atoms with E-state index in [1.165, 1.54) is 28.4 Å². The lowest BCUT2D eigenvalue weighted by Crippen LogP contribution is -2.17. The number of halogens is 1. The number of fused-ring (bicyclic) bond motifs is 2. The summed E-state index contributed by atoms with van der Waals surface area (Å²) >= 11 is 1.27. The van der Waals surface area contributed by atoms with Gasteiger partial charge in [-0.2, -0.15) is 9.61 Å². The summed E-state index contributed by atoms with van der Waals surface area (Å²) in [6.45, 7) is 0.995. The van der Waals surface area contributed by atoms with Crippen molar-refractivity contribution in [2.24, 2.45) is 0 Å². The zero-order valence-electron chi connectivity index (χ0n) is 16.1. The number of nitrogens with zero attached hydrogens (tertiary/aromatic N) is 4. The Morgan fingerprint density at radius 3 is 2.81 bits per heavy atom. The largest absolute Gasteiger partial charge is 0.486 e. The van der Waals surface area contributed by atoms with Crippen molar-refractivity contribution < 1.29 is 18.7 Å². The summed E-state index contributed by atoms with van der Waals surface area (Å²) in [5, 5.41) is 16.1. The highest BCUT2D eigenvalue weighted by atomic mass is 32.2. The molecule has 1 N–H and O–H groups in total. The number of carbonyl (C=O) groups is 1. The molecule has 0 atom stereocenters. The molecule has 0 aliphatic carbocycles. The van der Waals surface area contributed by atoms with Gasteiger partial charge in [0.2, 0.25) is 5.91 Å². The van der Waals surface area contributed by atoms with Gasteiger partial charge in [-0.15, -0.1) is 10.2 Å². The van der Waals surface area contributed by atoms with Crippen LogP contribution in [-0.4, -0.2) is 44.7 Å². The number of benzene rings is 2. The van der Waals surface area contributed by atoms with Crippen LogP contribution in [0.5, 0.6) is 11.5 Å². The van der Waals surface area contributed by atoms with Gasteiger partial charge in [0.05, 0.1) is 5.75 Å². The minimum absolute atomic E-state index is 0.157. The molecule has 0 saturated heterocycles. The van der Waals surface area contributed by atoms with E-state index in [0.29, 0.717) is 52.5 Å². The molecule has 1 amide bonds. The van der Waals surface area contributed by atoms with Crippen molar-refractivity contribution in [2.75, 3.05) is 24.3 Å². The Labute approximate surface area is 180 Å². The Kier molecular flexibility index (Phi) is 5.13. The van der Waals surface area contributed by atoms with E-state index in [2.05, 4.69) is 20.6 Å². The molecule has 3 heterocycles. The van der Waals surface area contributed by atoms with Crippen molar-refractivity contribution in [1.82, 2.24) is 19.8 Å². The van der Waals surface area contributed by atoms with Gasteiger partial charge in [0.15, 0.2) is 23.0 Å². The summed E-state index contributed by atoms with van der Waals surface area (Å²) in [4.78, 5) is 12.4. The number of carbonyl (C=O) groups excluding carboxylic acids is 1. The molecule has 8 nitrogen and oxygen atoms in total. The van der Waals surface area contributed by atoms with Gasteiger partial charge in [-0.05, 0) is 36.4 Å². The van der Waals surface area contributed by atoms with Crippen molar-refractivity contribution in [1.29, 1.82) is 0 Å². The smallest absolute Gasteiger partial charge is 0.234 e. The molecule has 2 aromatic carbocycles. The molecule has 156 valence electrons. The maximum absolute atomic E-state index is 13.6. The summed E-state index contributed by atoms with van der Waals surface area (Å²) in [6, 6.07) is 14.9. The number of hydrogen-bond donors (Lipinski definition) is 1. The van der Waals surface area contributed by atoms with Crippen molar-refractivity contribution in [2.45, 2.75) is 5.03 Å². The molecule has 0 bridgehead atoms. The van der Waals surface area contributed by atoms with Crippen molar-refractivity contribution in [3.05, 3.63) is 60.4 Å². The molecule has 0 radical (unpaired) electrons. The molecule has 5 rings (SSSR count). The highest BCUT2D eigenvalue weighted by Gasteiger charge is 2.14. The molecule has 2 aromatic heterocycles. The zero-order valence-corrected chi connectivity index (χ0v) is 16.9. The standard InChI is InChI=1S/C21H16FN5O3S/c22-14-3-1-2-13(10-14)21-25-24-18-6-7-20(26-27(18)21)31-12-19(28)23-15-4-5-16-17(11-15)30-9-8-29-16/h1-7,10-11H,8-9,12H2,(H,23,28). The van der Waals surface area contributed by atoms with Crippen LogP contribution in [0.15, 0.2) is 59.6 Å². The molecular weight excluding hydrogens is 421 g/mol. The average molecular weight is 437 g/mol. The van der Waals surface area contributed by atoms with Crippen LogP contribution in [0.1, 0.15) is 0 Å². The van der Waals surface area contributed by atoms with Gasteiger partial charge in [-0.3, -0.25) is 4.79 Å². The van der Waals surface area contributed by atoms with E-state index >= 15 is 0 Å². The van der Waals surface area contributed by atoms with Crippen LogP contribution < -0.4 is 14.8 Å². The van der Waals surface area contributed by atoms with E-state index in [1.54, 1.807) is 42.5 Å². The van der Waals surface area contributed by atoms with Gasteiger partial charge < -0.3 is 14.8 Å². The third-order valence-electron chi connectivity index (χ3n) is 4.50. The van der Waals surface area contributed by atoms with Gasteiger partial charge in [0.1, 0.15) is 24.1 Å². The summed E-state index contributed by atoms with van der Waals surface area (Å²) in [7, 11) is 0. The zero-order chi connectivity index (χ0) is 21.2. The minimum Gasteiger partial charge on any atom is -0.486 e. The van der Waals surface area contributed by atoms with Crippen molar-refractivity contribution >= 4 is 29.0 Å². The van der Waals surface area contributed by atoms with Crippen LogP contribution in [-0.2, 0) is 4.79 Å². The van der Waals surface area contributed by atoms with Crippen LogP contribution in [0.4, 0.5) is 10.1 Å². The second kappa shape index (κ2) is 8.23. The Morgan fingerprint density at radius 1 is 1.06 bits per heavy atom. The predicted molar refractivity (Wildman–Crippen MR) is 113 cm³/mol. The number of ether oxygens (including phenoxy) is 2. The normalized spacial score (nSPS) is 12.7. The second-order valence-electron chi connectivity index (χ2n) is 6.67. The monoisotopic (exact) mass is 437 g/mol. The van der Waals surface area contributed by atoms with Crippen LogP contribution in [0.2, 0.25) is 0 Å².